The molecule has 2 heterocycles. The van der Waals surface area contributed by atoms with E-state index in [4.69, 9.17) is 5.11 Å². The van der Waals surface area contributed by atoms with Gasteiger partial charge in [0.05, 0.1) is 16.7 Å². The molecule has 0 spiro atoms. The third-order valence-corrected chi connectivity index (χ3v) is 2.43. The van der Waals surface area contributed by atoms with E-state index in [1.54, 1.807) is 6.92 Å². The standard InChI is InChI=1S/C10H9N3O4/c1-2-7-9(10(14)15)12-4-3-6(13(16)17)5-8(12)11-7/h3-5H,2H2,1H3,(H,14,15). The minimum absolute atomic E-state index is 0.0531. The number of carbonyl (C=O) groups is 1. The Labute approximate surface area is 95.5 Å². The molecular formula is C10H9N3O4. The minimum Gasteiger partial charge on any atom is -0.477 e. The van der Waals surface area contributed by atoms with E-state index >= 15 is 0 Å². The fourth-order valence-electron chi connectivity index (χ4n) is 1.67. The number of aromatic nitrogens is 2. The summed E-state index contributed by atoms with van der Waals surface area (Å²) in [6.45, 7) is 1.78. The van der Waals surface area contributed by atoms with Gasteiger partial charge >= 0.3 is 5.97 Å². The van der Waals surface area contributed by atoms with Crippen LogP contribution in [0.5, 0.6) is 0 Å². The van der Waals surface area contributed by atoms with Gasteiger partial charge in [-0.25, -0.2) is 9.78 Å². The summed E-state index contributed by atoms with van der Waals surface area (Å²) in [7, 11) is 0. The number of imidazole rings is 1. The van der Waals surface area contributed by atoms with E-state index in [1.807, 2.05) is 0 Å². The molecule has 0 radical (unpaired) electrons. The highest BCUT2D eigenvalue weighted by atomic mass is 16.6. The lowest BCUT2D eigenvalue weighted by molar-refractivity contribution is -0.384. The maximum absolute atomic E-state index is 11.1. The van der Waals surface area contributed by atoms with Gasteiger partial charge in [-0.15, -0.1) is 0 Å². The zero-order valence-electron chi connectivity index (χ0n) is 8.95. The summed E-state index contributed by atoms with van der Waals surface area (Å²) in [4.78, 5) is 25.2. The van der Waals surface area contributed by atoms with E-state index in [1.165, 1.54) is 22.7 Å². The van der Waals surface area contributed by atoms with Crippen molar-refractivity contribution >= 4 is 17.3 Å². The molecule has 0 saturated carbocycles. The number of nitro groups is 1. The van der Waals surface area contributed by atoms with E-state index in [-0.39, 0.29) is 17.0 Å². The summed E-state index contributed by atoms with van der Waals surface area (Å²) in [5.41, 5.74) is 0.630. The van der Waals surface area contributed by atoms with Gasteiger partial charge in [-0.05, 0) is 6.42 Å². The van der Waals surface area contributed by atoms with Crippen LogP contribution in [-0.4, -0.2) is 25.4 Å². The topological polar surface area (TPSA) is 97.7 Å². The molecular weight excluding hydrogens is 226 g/mol. The van der Waals surface area contributed by atoms with E-state index in [2.05, 4.69) is 4.98 Å². The molecule has 2 aromatic heterocycles. The van der Waals surface area contributed by atoms with E-state index in [9.17, 15) is 14.9 Å². The minimum atomic E-state index is -1.09. The molecule has 0 aliphatic carbocycles. The molecule has 0 amide bonds. The van der Waals surface area contributed by atoms with Gasteiger partial charge in [0.2, 0.25) is 0 Å². The monoisotopic (exact) mass is 235 g/mol. The van der Waals surface area contributed by atoms with Gasteiger partial charge < -0.3 is 5.11 Å². The fourth-order valence-corrected chi connectivity index (χ4v) is 1.67. The Morgan fingerprint density at radius 2 is 2.35 bits per heavy atom. The summed E-state index contributed by atoms with van der Waals surface area (Å²) >= 11 is 0. The van der Waals surface area contributed by atoms with Gasteiger partial charge in [0, 0.05) is 12.3 Å². The first-order valence-electron chi connectivity index (χ1n) is 4.93. The molecule has 0 aliphatic heterocycles. The second kappa shape index (κ2) is 3.85. The SMILES string of the molecule is CCc1nc2cc([N+](=O)[O-])ccn2c1C(=O)O. The van der Waals surface area contributed by atoms with Gasteiger partial charge in [0.25, 0.3) is 5.69 Å². The van der Waals surface area contributed by atoms with Gasteiger partial charge in [0.1, 0.15) is 5.65 Å². The van der Waals surface area contributed by atoms with Crippen molar-refractivity contribution in [2.24, 2.45) is 0 Å². The second-order valence-corrected chi connectivity index (χ2v) is 3.44. The molecule has 0 aromatic carbocycles. The number of fused-ring (bicyclic) bond motifs is 1. The van der Waals surface area contributed by atoms with Crippen molar-refractivity contribution in [3.63, 3.8) is 0 Å². The average molecular weight is 235 g/mol. The van der Waals surface area contributed by atoms with Crippen LogP contribution in [0.3, 0.4) is 0 Å². The third-order valence-electron chi connectivity index (χ3n) is 2.43. The highest BCUT2D eigenvalue weighted by molar-refractivity contribution is 5.88. The molecule has 1 N–H and O–H groups in total. The number of carboxylic acid groups (broad SMARTS) is 1. The molecule has 0 fully saturated rings. The van der Waals surface area contributed by atoms with Crippen molar-refractivity contribution in [2.75, 3.05) is 0 Å². The van der Waals surface area contributed by atoms with Crippen molar-refractivity contribution in [2.45, 2.75) is 13.3 Å². The molecule has 17 heavy (non-hydrogen) atoms. The van der Waals surface area contributed by atoms with Crippen LogP contribution in [0.4, 0.5) is 5.69 Å². The van der Waals surface area contributed by atoms with Crippen LogP contribution >= 0.6 is 0 Å². The van der Waals surface area contributed by atoms with Crippen LogP contribution in [0.1, 0.15) is 23.1 Å². The summed E-state index contributed by atoms with van der Waals surface area (Å²) in [6, 6.07) is 2.51. The summed E-state index contributed by atoms with van der Waals surface area (Å²) in [6.07, 6.45) is 1.81. The first-order chi connectivity index (χ1) is 8.04. The fraction of sp³-hybridized carbons (Fsp3) is 0.200. The summed E-state index contributed by atoms with van der Waals surface area (Å²) in [5, 5.41) is 19.7. The largest absolute Gasteiger partial charge is 0.477 e. The third kappa shape index (κ3) is 1.71. The van der Waals surface area contributed by atoms with E-state index < -0.39 is 10.9 Å². The maximum Gasteiger partial charge on any atom is 0.354 e. The molecule has 88 valence electrons. The molecule has 7 nitrogen and oxygen atoms in total. The molecule has 7 heteroatoms. The Hall–Kier alpha value is -2.44. The van der Waals surface area contributed by atoms with Gasteiger partial charge in [-0.3, -0.25) is 14.5 Å². The number of carboxylic acids is 1. The quantitative estimate of drug-likeness (QED) is 0.642. The van der Waals surface area contributed by atoms with Crippen molar-refractivity contribution in [3.8, 4) is 0 Å². The van der Waals surface area contributed by atoms with Crippen LogP contribution < -0.4 is 0 Å². The van der Waals surface area contributed by atoms with Crippen LogP contribution in [0.2, 0.25) is 0 Å². The summed E-state index contributed by atoms with van der Waals surface area (Å²) in [5.74, 6) is -1.09. The number of rotatable bonds is 3. The van der Waals surface area contributed by atoms with E-state index in [0.29, 0.717) is 12.1 Å². The maximum atomic E-state index is 11.1. The number of pyridine rings is 1. The second-order valence-electron chi connectivity index (χ2n) is 3.44. The molecule has 0 bridgehead atoms. The molecule has 0 unspecified atom stereocenters. The Balaban J connectivity index is 2.74. The number of hydrogen-bond donors (Lipinski definition) is 1. The number of aromatic carboxylic acids is 1. The van der Waals surface area contributed by atoms with Crippen molar-refractivity contribution in [1.29, 1.82) is 0 Å². The zero-order chi connectivity index (χ0) is 12.6. The zero-order valence-corrected chi connectivity index (χ0v) is 8.95. The number of hydrogen-bond acceptors (Lipinski definition) is 4. The van der Waals surface area contributed by atoms with Gasteiger partial charge in [0.15, 0.2) is 5.69 Å². The van der Waals surface area contributed by atoms with Crippen LogP contribution in [0.15, 0.2) is 18.3 Å². The predicted octanol–water partition coefficient (Wildman–Crippen LogP) is 1.50. The lowest BCUT2D eigenvalue weighted by Crippen LogP contribution is -2.04. The predicted molar refractivity (Wildman–Crippen MR) is 58.2 cm³/mol. The number of nitrogens with zero attached hydrogens (tertiary/aromatic N) is 3. The van der Waals surface area contributed by atoms with Crippen LogP contribution in [-0.2, 0) is 6.42 Å². The smallest absolute Gasteiger partial charge is 0.354 e. The highest BCUT2D eigenvalue weighted by Crippen LogP contribution is 2.18. The van der Waals surface area contributed by atoms with Crippen molar-refractivity contribution in [1.82, 2.24) is 9.38 Å². The molecule has 0 aliphatic rings. The first kappa shape index (κ1) is 11.1. The van der Waals surface area contributed by atoms with Crippen LogP contribution in [0, 0.1) is 10.1 Å². The normalized spacial score (nSPS) is 10.6. The number of aryl methyl sites for hydroxylation is 1. The van der Waals surface area contributed by atoms with Crippen molar-refractivity contribution in [3.05, 3.63) is 39.8 Å². The average Bonchev–Trinajstić information content (AvgIpc) is 2.65. The Morgan fingerprint density at radius 3 is 2.88 bits per heavy atom. The Morgan fingerprint density at radius 1 is 1.65 bits per heavy atom. The Bertz CT molecular complexity index is 617. The summed E-state index contributed by atoms with van der Waals surface area (Å²) < 4.78 is 1.34. The molecule has 0 saturated heterocycles. The molecule has 2 aromatic rings. The lowest BCUT2D eigenvalue weighted by Gasteiger charge is -1.97. The molecule has 2 rings (SSSR count). The van der Waals surface area contributed by atoms with Gasteiger partial charge in [-0.1, -0.05) is 6.92 Å². The first-order valence-corrected chi connectivity index (χ1v) is 4.93. The van der Waals surface area contributed by atoms with Gasteiger partial charge in [-0.2, -0.15) is 0 Å². The molecule has 0 atom stereocenters. The van der Waals surface area contributed by atoms with E-state index in [0.717, 1.165) is 0 Å². The highest BCUT2D eigenvalue weighted by Gasteiger charge is 2.18. The van der Waals surface area contributed by atoms with Crippen LogP contribution in [0.25, 0.3) is 5.65 Å². The van der Waals surface area contributed by atoms with Crippen molar-refractivity contribution < 1.29 is 14.8 Å². The lowest BCUT2D eigenvalue weighted by atomic mass is 10.2. The Kier molecular flexibility index (Phi) is 2.51.